The van der Waals surface area contributed by atoms with Crippen LogP contribution in [0.2, 0.25) is 0 Å². The number of halogens is 1. The van der Waals surface area contributed by atoms with Crippen molar-refractivity contribution in [2.45, 2.75) is 44.2 Å². The van der Waals surface area contributed by atoms with Crippen LogP contribution in [0.5, 0.6) is 5.88 Å². The molecule has 1 fully saturated rings. The fourth-order valence-corrected chi connectivity index (χ4v) is 7.25. The van der Waals surface area contributed by atoms with Gasteiger partial charge in [-0.1, -0.05) is 88.7 Å². The fourth-order valence-electron chi connectivity index (χ4n) is 6.87. The number of likely N-dealkylation sites (tertiary alicyclic amines) is 1. The summed E-state index contributed by atoms with van der Waals surface area (Å²) in [5.41, 5.74) is 2.54. The smallest absolute Gasteiger partial charge is 0.217 e. The number of methoxy groups -OCH3 is 1. The molecule has 1 saturated heterocycles. The normalized spacial score (nSPS) is 17.1. The Balaban J connectivity index is 1.65. The number of nitrogens with zero attached hydrogens (tertiary/aromatic N) is 2. The van der Waals surface area contributed by atoms with Gasteiger partial charge >= 0.3 is 0 Å². The van der Waals surface area contributed by atoms with Gasteiger partial charge in [0, 0.05) is 27.4 Å². The van der Waals surface area contributed by atoms with E-state index < -0.39 is 11.5 Å². The zero-order chi connectivity index (χ0) is 28.6. The lowest BCUT2D eigenvalue weighted by Crippen LogP contribution is -2.48. The van der Waals surface area contributed by atoms with E-state index in [0.29, 0.717) is 11.9 Å². The number of rotatable bonds is 7. The minimum absolute atomic E-state index is 0.0245. The molecular weight excluding hydrogens is 572 g/mol. The van der Waals surface area contributed by atoms with Gasteiger partial charge in [0.15, 0.2) is 0 Å². The average molecular weight is 610 g/mol. The van der Waals surface area contributed by atoms with E-state index in [4.69, 9.17) is 9.72 Å². The highest BCUT2D eigenvalue weighted by Gasteiger charge is 2.49. The molecule has 5 aromatic rings. The van der Waals surface area contributed by atoms with Crippen molar-refractivity contribution in [1.29, 1.82) is 0 Å². The molecule has 0 bridgehead atoms. The summed E-state index contributed by atoms with van der Waals surface area (Å²) < 4.78 is 6.99. The maximum Gasteiger partial charge on any atom is 0.217 e. The summed E-state index contributed by atoms with van der Waals surface area (Å²) in [5, 5.41) is 16.8. The van der Waals surface area contributed by atoms with Crippen LogP contribution in [-0.4, -0.2) is 41.2 Å². The van der Waals surface area contributed by atoms with Gasteiger partial charge in [0.05, 0.1) is 12.6 Å². The number of fused-ring (bicyclic) bond motifs is 2. The van der Waals surface area contributed by atoms with Crippen LogP contribution in [0.25, 0.3) is 21.7 Å². The van der Waals surface area contributed by atoms with E-state index in [2.05, 4.69) is 114 Å². The molecule has 0 radical (unpaired) electrons. The lowest BCUT2D eigenvalue weighted by molar-refractivity contribution is -0.0637. The largest absolute Gasteiger partial charge is 0.481 e. The van der Waals surface area contributed by atoms with Crippen molar-refractivity contribution in [3.8, 4) is 5.88 Å². The summed E-state index contributed by atoms with van der Waals surface area (Å²) in [4.78, 5) is 7.49. The first-order chi connectivity index (χ1) is 19.9. The van der Waals surface area contributed by atoms with Crippen LogP contribution in [0.1, 0.15) is 49.3 Å². The predicted octanol–water partition coefficient (Wildman–Crippen LogP) is 8.30. The number of hydrogen-bond acceptors (Lipinski definition) is 4. The highest BCUT2D eigenvalue weighted by atomic mass is 79.9. The first-order valence-corrected chi connectivity index (χ1v) is 15.3. The Hall–Kier alpha value is -3.25. The molecule has 41 heavy (non-hydrogen) atoms. The van der Waals surface area contributed by atoms with E-state index in [0.717, 1.165) is 68.8 Å². The third-order valence-electron chi connectivity index (χ3n) is 8.95. The minimum atomic E-state index is -1.22. The highest BCUT2D eigenvalue weighted by molar-refractivity contribution is 9.10. The molecule has 2 heterocycles. The zero-order valence-corrected chi connectivity index (χ0v) is 25.5. The second kappa shape index (κ2) is 11.6. The predicted molar refractivity (Wildman–Crippen MR) is 172 cm³/mol. The first kappa shape index (κ1) is 27.9. The zero-order valence-electron chi connectivity index (χ0n) is 23.9. The summed E-state index contributed by atoms with van der Waals surface area (Å²) in [6.07, 6.45) is 1.80. The summed E-state index contributed by atoms with van der Waals surface area (Å²) >= 11 is 3.64. The third-order valence-corrected chi connectivity index (χ3v) is 9.44. The molecule has 1 aliphatic rings. The maximum absolute atomic E-state index is 13.6. The van der Waals surface area contributed by atoms with E-state index in [-0.39, 0.29) is 5.92 Å². The summed E-state index contributed by atoms with van der Waals surface area (Å²) in [6, 6.07) is 33.9. The fraction of sp³-hybridized carbons (Fsp3) is 0.306. The van der Waals surface area contributed by atoms with Crippen LogP contribution < -0.4 is 4.74 Å². The van der Waals surface area contributed by atoms with E-state index in [1.807, 2.05) is 18.2 Å². The Bertz CT molecular complexity index is 1660. The molecule has 1 aliphatic heterocycles. The number of aromatic nitrogens is 1. The molecule has 0 amide bonds. The molecule has 2 atom stereocenters. The van der Waals surface area contributed by atoms with Gasteiger partial charge in [0.25, 0.3) is 0 Å². The maximum atomic E-state index is 13.6. The van der Waals surface area contributed by atoms with Gasteiger partial charge in [-0.25, -0.2) is 4.98 Å². The van der Waals surface area contributed by atoms with Gasteiger partial charge in [-0.15, -0.1) is 0 Å². The van der Waals surface area contributed by atoms with Crippen molar-refractivity contribution in [2.24, 2.45) is 5.92 Å². The molecule has 0 aliphatic carbocycles. The van der Waals surface area contributed by atoms with Crippen molar-refractivity contribution in [3.63, 3.8) is 0 Å². The summed E-state index contributed by atoms with van der Waals surface area (Å²) in [6.45, 7) is 6.43. The Kier molecular flexibility index (Phi) is 7.86. The van der Waals surface area contributed by atoms with Crippen LogP contribution in [0.15, 0.2) is 102 Å². The molecule has 1 aromatic heterocycles. The molecule has 1 N–H and O–H groups in total. The van der Waals surface area contributed by atoms with Crippen LogP contribution >= 0.6 is 15.9 Å². The molecule has 0 saturated carbocycles. The molecular formula is C36H37BrN2O2. The molecule has 0 spiro atoms. The van der Waals surface area contributed by atoms with Gasteiger partial charge < -0.3 is 14.7 Å². The Labute approximate surface area is 251 Å². The van der Waals surface area contributed by atoms with E-state index >= 15 is 0 Å². The molecule has 6 rings (SSSR count). The van der Waals surface area contributed by atoms with E-state index in [9.17, 15) is 5.11 Å². The van der Waals surface area contributed by atoms with E-state index in [1.54, 1.807) is 7.11 Å². The van der Waals surface area contributed by atoms with Crippen molar-refractivity contribution < 1.29 is 9.84 Å². The quantitative estimate of drug-likeness (QED) is 0.202. The molecule has 2 unspecified atom stereocenters. The van der Waals surface area contributed by atoms with Gasteiger partial charge in [0.1, 0.15) is 5.60 Å². The third kappa shape index (κ3) is 5.16. The average Bonchev–Trinajstić information content (AvgIpc) is 3.01. The van der Waals surface area contributed by atoms with Crippen molar-refractivity contribution in [1.82, 2.24) is 9.88 Å². The van der Waals surface area contributed by atoms with Gasteiger partial charge in [0.2, 0.25) is 5.88 Å². The number of piperidine rings is 1. The van der Waals surface area contributed by atoms with Crippen LogP contribution in [0.4, 0.5) is 0 Å². The second-order valence-corrected chi connectivity index (χ2v) is 12.4. The van der Waals surface area contributed by atoms with Crippen molar-refractivity contribution >= 4 is 37.6 Å². The molecule has 5 heteroatoms. The SMILES string of the molecule is COc1nc2ccc(Br)cc2cc1C(c1ccccc1)C(O)(c1cccc2ccccc12)C1CCN(C(C)C)CC1. The first-order valence-electron chi connectivity index (χ1n) is 14.5. The Morgan fingerprint density at radius 3 is 2.32 bits per heavy atom. The van der Waals surface area contributed by atoms with Crippen LogP contribution in [0.3, 0.4) is 0 Å². The number of aliphatic hydroxyl groups is 1. The monoisotopic (exact) mass is 608 g/mol. The number of pyridine rings is 1. The Morgan fingerprint density at radius 2 is 1.59 bits per heavy atom. The topological polar surface area (TPSA) is 45.6 Å². The number of ether oxygens (including phenoxy) is 1. The number of hydrogen-bond donors (Lipinski definition) is 1. The van der Waals surface area contributed by atoms with Gasteiger partial charge in [-0.2, -0.15) is 0 Å². The standard InChI is InChI=1S/C36H37BrN2O2/c1-24(2)39-20-18-28(19-21-39)36(40,32-15-9-13-25-10-7-8-14-30(25)32)34(26-11-5-4-6-12-26)31-23-27-22-29(37)16-17-33(27)38-35(31)41-3/h4-17,22-24,28,34,40H,18-21H2,1-3H3. The van der Waals surface area contributed by atoms with Crippen LogP contribution in [0, 0.1) is 5.92 Å². The molecule has 4 aromatic carbocycles. The van der Waals surface area contributed by atoms with Gasteiger partial charge in [-0.3, -0.25) is 0 Å². The van der Waals surface area contributed by atoms with E-state index in [1.165, 1.54) is 0 Å². The number of benzene rings is 4. The minimum Gasteiger partial charge on any atom is -0.481 e. The summed E-state index contributed by atoms with van der Waals surface area (Å²) in [5.74, 6) is 0.166. The van der Waals surface area contributed by atoms with Crippen molar-refractivity contribution in [2.75, 3.05) is 20.2 Å². The lowest BCUT2D eigenvalue weighted by atomic mass is 9.64. The van der Waals surface area contributed by atoms with Crippen LogP contribution in [-0.2, 0) is 5.60 Å². The summed E-state index contributed by atoms with van der Waals surface area (Å²) in [7, 11) is 1.68. The second-order valence-electron chi connectivity index (χ2n) is 11.5. The molecule has 210 valence electrons. The Morgan fingerprint density at radius 1 is 0.878 bits per heavy atom. The molecule has 4 nitrogen and oxygen atoms in total. The highest BCUT2D eigenvalue weighted by Crippen LogP contribution is 2.53. The van der Waals surface area contributed by atoms with Gasteiger partial charge in [-0.05, 0) is 91.9 Å². The lowest BCUT2D eigenvalue weighted by Gasteiger charge is -2.47. The van der Waals surface area contributed by atoms with Crippen molar-refractivity contribution in [3.05, 3.63) is 118 Å².